The van der Waals surface area contributed by atoms with E-state index in [2.05, 4.69) is 4.72 Å². The molecular formula is C20H18N2O4S. The fraction of sp³-hybridized carbons (Fsp3) is 0.100. The molecule has 0 amide bonds. The Morgan fingerprint density at radius 2 is 1.41 bits per heavy atom. The van der Waals surface area contributed by atoms with Gasteiger partial charge in [0.1, 0.15) is 0 Å². The van der Waals surface area contributed by atoms with E-state index in [-0.39, 0.29) is 4.90 Å². The summed E-state index contributed by atoms with van der Waals surface area (Å²) in [4.78, 5) is 10.2. The van der Waals surface area contributed by atoms with E-state index in [0.29, 0.717) is 0 Å². The Morgan fingerprint density at radius 1 is 0.852 bits per heavy atom. The lowest BCUT2D eigenvalue weighted by Gasteiger charge is -2.20. The van der Waals surface area contributed by atoms with E-state index in [4.69, 9.17) is 0 Å². The molecule has 0 aliphatic rings. The van der Waals surface area contributed by atoms with Gasteiger partial charge in [-0.1, -0.05) is 72.3 Å². The molecule has 27 heavy (non-hydrogen) atoms. The molecule has 1 atom stereocenters. The molecule has 0 aliphatic carbocycles. The summed E-state index contributed by atoms with van der Waals surface area (Å²) in [5.41, 5.74) is 2.07. The number of para-hydroxylation sites is 1. The number of nitrogens with one attached hydrogen (secondary N) is 1. The minimum atomic E-state index is -4.13. The van der Waals surface area contributed by atoms with Crippen molar-refractivity contribution in [1.29, 1.82) is 0 Å². The van der Waals surface area contributed by atoms with Gasteiger partial charge < -0.3 is 0 Å². The molecule has 0 fully saturated rings. The first-order valence-electron chi connectivity index (χ1n) is 8.26. The Kier molecular flexibility index (Phi) is 5.34. The summed E-state index contributed by atoms with van der Waals surface area (Å²) in [7, 11) is -4.13. The Bertz CT molecular complexity index is 1050. The predicted octanol–water partition coefficient (Wildman–Crippen LogP) is 3.97. The summed E-state index contributed by atoms with van der Waals surface area (Å²) < 4.78 is 28.6. The van der Waals surface area contributed by atoms with Crippen molar-refractivity contribution in [2.24, 2.45) is 0 Å². The molecule has 0 saturated carbocycles. The molecule has 1 N–H and O–H groups in total. The van der Waals surface area contributed by atoms with Gasteiger partial charge in [0.15, 0.2) is 4.90 Å². The first kappa shape index (κ1) is 18.8. The van der Waals surface area contributed by atoms with Gasteiger partial charge in [-0.3, -0.25) is 10.1 Å². The Morgan fingerprint density at radius 3 is 2.04 bits per heavy atom. The predicted molar refractivity (Wildman–Crippen MR) is 103 cm³/mol. The standard InChI is InChI=1S/C20H18N2O4S/c1-15-11-13-17(14-12-15)20(16-7-3-2-4-8-16)21-27(25,26)19-10-6-5-9-18(19)22(23)24/h2-14,20-21H,1H3/t20-/m0/s1. The third kappa shape index (κ3) is 4.21. The maximum absolute atomic E-state index is 13.0. The number of benzene rings is 3. The zero-order valence-electron chi connectivity index (χ0n) is 14.6. The number of nitrogens with zero attached hydrogens (tertiary/aromatic N) is 1. The number of sulfonamides is 1. The van der Waals surface area contributed by atoms with Crippen LogP contribution in [0.1, 0.15) is 22.7 Å². The number of hydrogen-bond acceptors (Lipinski definition) is 4. The molecule has 6 nitrogen and oxygen atoms in total. The van der Waals surface area contributed by atoms with Crippen molar-refractivity contribution >= 4 is 15.7 Å². The van der Waals surface area contributed by atoms with Crippen LogP contribution in [0.3, 0.4) is 0 Å². The highest BCUT2D eigenvalue weighted by molar-refractivity contribution is 7.89. The molecule has 3 rings (SSSR count). The van der Waals surface area contributed by atoms with Crippen molar-refractivity contribution in [3.05, 3.63) is 106 Å². The molecule has 0 radical (unpaired) electrons. The molecule has 0 spiro atoms. The molecule has 0 aliphatic heterocycles. The molecule has 0 saturated heterocycles. The number of nitro benzene ring substituents is 1. The van der Waals surface area contributed by atoms with Gasteiger partial charge in [-0.15, -0.1) is 0 Å². The summed E-state index contributed by atoms with van der Waals surface area (Å²) in [6.07, 6.45) is 0. The van der Waals surface area contributed by atoms with E-state index in [9.17, 15) is 18.5 Å². The van der Waals surface area contributed by atoms with Gasteiger partial charge in [-0.25, -0.2) is 8.42 Å². The first-order valence-corrected chi connectivity index (χ1v) is 9.74. The number of rotatable bonds is 6. The van der Waals surface area contributed by atoms with Gasteiger partial charge in [-0.05, 0) is 24.1 Å². The Balaban J connectivity index is 2.07. The van der Waals surface area contributed by atoms with Crippen LogP contribution in [0.15, 0.2) is 83.8 Å². The van der Waals surface area contributed by atoms with Crippen molar-refractivity contribution in [2.75, 3.05) is 0 Å². The van der Waals surface area contributed by atoms with Crippen LogP contribution in [-0.4, -0.2) is 13.3 Å². The molecule has 7 heteroatoms. The molecule has 0 heterocycles. The van der Waals surface area contributed by atoms with E-state index in [1.54, 1.807) is 0 Å². The lowest BCUT2D eigenvalue weighted by atomic mass is 9.99. The zero-order valence-corrected chi connectivity index (χ0v) is 15.4. The lowest BCUT2D eigenvalue weighted by Crippen LogP contribution is -2.30. The number of hydrogen-bond donors (Lipinski definition) is 1. The zero-order chi connectivity index (χ0) is 19.4. The van der Waals surface area contributed by atoms with Gasteiger partial charge in [0, 0.05) is 6.07 Å². The van der Waals surface area contributed by atoms with Gasteiger partial charge >= 0.3 is 0 Å². The monoisotopic (exact) mass is 382 g/mol. The Labute approximate surface area is 157 Å². The average Bonchev–Trinajstić information content (AvgIpc) is 2.67. The maximum atomic E-state index is 13.0. The van der Waals surface area contributed by atoms with Crippen LogP contribution in [0.4, 0.5) is 5.69 Å². The van der Waals surface area contributed by atoms with E-state index >= 15 is 0 Å². The highest BCUT2D eigenvalue weighted by atomic mass is 32.2. The van der Waals surface area contributed by atoms with Gasteiger partial charge in [0.2, 0.25) is 10.0 Å². The SMILES string of the molecule is Cc1ccc([C@@H](NS(=O)(=O)c2ccccc2[N+](=O)[O-])c2ccccc2)cc1. The van der Waals surface area contributed by atoms with Gasteiger partial charge in [-0.2, -0.15) is 4.72 Å². The van der Waals surface area contributed by atoms with E-state index in [1.807, 2.05) is 61.5 Å². The molecule has 0 bridgehead atoms. The third-order valence-electron chi connectivity index (χ3n) is 4.17. The lowest BCUT2D eigenvalue weighted by molar-refractivity contribution is -0.387. The second-order valence-corrected chi connectivity index (χ2v) is 7.78. The van der Waals surface area contributed by atoms with Crippen molar-refractivity contribution in [2.45, 2.75) is 17.9 Å². The third-order valence-corrected chi connectivity index (χ3v) is 5.64. The van der Waals surface area contributed by atoms with Crippen molar-refractivity contribution < 1.29 is 13.3 Å². The second kappa shape index (κ2) is 7.69. The summed E-state index contributed by atoms with van der Waals surface area (Å²) in [6, 6.07) is 21.2. The van der Waals surface area contributed by atoms with Crippen molar-refractivity contribution in [1.82, 2.24) is 4.72 Å². The van der Waals surface area contributed by atoms with Crippen LogP contribution in [0.2, 0.25) is 0 Å². The largest absolute Gasteiger partial charge is 0.289 e. The topological polar surface area (TPSA) is 89.3 Å². The van der Waals surface area contributed by atoms with Crippen LogP contribution in [0, 0.1) is 17.0 Å². The molecular weight excluding hydrogens is 364 g/mol. The average molecular weight is 382 g/mol. The van der Waals surface area contributed by atoms with E-state index < -0.39 is 26.7 Å². The molecule has 0 unspecified atom stereocenters. The summed E-state index contributed by atoms with van der Waals surface area (Å²) >= 11 is 0. The van der Waals surface area contributed by atoms with Gasteiger partial charge in [0.25, 0.3) is 5.69 Å². The molecule has 3 aromatic rings. The van der Waals surface area contributed by atoms with E-state index in [1.165, 1.54) is 24.3 Å². The second-order valence-electron chi connectivity index (χ2n) is 6.10. The summed E-state index contributed by atoms with van der Waals surface area (Å²) in [6.45, 7) is 1.94. The van der Waals surface area contributed by atoms with Gasteiger partial charge in [0.05, 0.1) is 11.0 Å². The number of aryl methyl sites for hydroxylation is 1. The van der Waals surface area contributed by atoms with Crippen LogP contribution in [0.5, 0.6) is 0 Å². The van der Waals surface area contributed by atoms with E-state index in [0.717, 1.165) is 16.7 Å². The molecule has 138 valence electrons. The number of nitro groups is 1. The quantitative estimate of drug-likeness (QED) is 0.516. The van der Waals surface area contributed by atoms with Crippen LogP contribution in [0.25, 0.3) is 0 Å². The fourth-order valence-electron chi connectivity index (χ4n) is 2.79. The maximum Gasteiger partial charge on any atom is 0.289 e. The minimum absolute atomic E-state index is 0.358. The minimum Gasteiger partial charge on any atom is -0.258 e. The smallest absolute Gasteiger partial charge is 0.258 e. The Hall–Kier alpha value is -3.03. The highest BCUT2D eigenvalue weighted by Gasteiger charge is 2.29. The van der Waals surface area contributed by atoms with Crippen LogP contribution >= 0.6 is 0 Å². The van der Waals surface area contributed by atoms with Crippen LogP contribution in [-0.2, 0) is 10.0 Å². The fourth-order valence-corrected chi connectivity index (χ4v) is 4.17. The normalized spacial score (nSPS) is 12.5. The van der Waals surface area contributed by atoms with Crippen molar-refractivity contribution in [3.8, 4) is 0 Å². The highest BCUT2D eigenvalue weighted by Crippen LogP contribution is 2.28. The van der Waals surface area contributed by atoms with Crippen molar-refractivity contribution in [3.63, 3.8) is 0 Å². The molecule has 0 aromatic heterocycles. The molecule has 3 aromatic carbocycles. The first-order chi connectivity index (χ1) is 12.9. The summed E-state index contributed by atoms with van der Waals surface area (Å²) in [5, 5.41) is 11.2. The van der Waals surface area contributed by atoms with Crippen LogP contribution < -0.4 is 4.72 Å². The summed E-state index contributed by atoms with van der Waals surface area (Å²) in [5.74, 6) is 0.